The molecule has 0 aliphatic heterocycles. The number of rotatable bonds is 4. The molecule has 98 valence electrons. The van der Waals surface area contributed by atoms with E-state index in [2.05, 4.69) is 4.98 Å². The van der Waals surface area contributed by atoms with Crippen molar-refractivity contribution in [3.63, 3.8) is 0 Å². The Bertz CT molecular complexity index is 594. The van der Waals surface area contributed by atoms with E-state index in [1.165, 1.54) is 0 Å². The van der Waals surface area contributed by atoms with Crippen LogP contribution in [0.2, 0.25) is 0 Å². The van der Waals surface area contributed by atoms with Crippen LogP contribution in [0, 0.1) is 6.92 Å². The highest BCUT2D eigenvalue weighted by Gasteiger charge is 2.15. The van der Waals surface area contributed by atoms with Crippen molar-refractivity contribution in [1.82, 2.24) is 4.98 Å². The number of carbonyl (C=O) groups excluding carboxylic acids is 1. The van der Waals surface area contributed by atoms with E-state index in [0.29, 0.717) is 22.6 Å². The second-order valence-electron chi connectivity index (χ2n) is 4.09. The second kappa shape index (κ2) is 5.52. The fourth-order valence-corrected chi connectivity index (χ4v) is 1.88. The Hall–Kier alpha value is -2.36. The zero-order valence-electron chi connectivity index (χ0n) is 11.1. The lowest BCUT2D eigenvalue weighted by molar-refractivity contribution is 0.103. The number of aryl methyl sites for hydroxylation is 1. The summed E-state index contributed by atoms with van der Waals surface area (Å²) in [5.41, 5.74) is 2.05. The zero-order valence-corrected chi connectivity index (χ0v) is 11.1. The largest absolute Gasteiger partial charge is 0.493 e. The molecule has 2 aromatic rings. The molecule has 0 aliphatic carbocycles. The summed E-state index contributed by atoms with van der Waals surface area (Å²) >= 11 is 0. The van der Waals surface area contributed by atoms with Crippen molar-refractivity contribution in [2.24, 2.45) is 0 Å². The van der Waals surface area contributed by atoms with Crippen molar-refractivity contribution in [2.75, 3.05) is 14.2 Å². The molecule has 0 aliphatic rings. The Balaban J connectivity index is 2.48. The molecule has 0 bridgehead atoms. The van der Waals surface area contributed by atoms with Crippen LogP contribution in [0.5, 0.6) is 11.5 Å². The first-order valence-corrected chi connectivity index (χ1v) is 5.84. The van der Waals surface area contributed by atoms with Crippen LogP contribution in [0.1, 0.15) is 21.5 Å². The summed E-state index contributed by atoms with van der Waals surface area (Å²) in [6.07, 6.45) is 3.20. The molecule has 0 spiro atoms. The number of hydrogen-bond donors (Lipinski definition) is 0. The maximum Gasteiger partial charge on any atom is 0.193 e. The lowest BCUT2D eigenvalue weighted by atomic mass is 9.99. The number of pyridine rings is 1. The first kappa shape index (κ1) is 13.1. The molecule has 1 heterocycles. The minimum Gasteiger partial charge on any atom is -0.493 e. The van der Waals surface area contributed by atoms with Crippen molar-refractivity contribution in [3.05, 3.63) is 53.3 Å². The van der Waals surface area contributed by atoms with Gasteiger partial charge in [0, 0.05) is 23.5 Å². The molecule has 0 amide bonds. The van der Waals surface area contributed by atoms with Gasteiger partial charge in [-0.05, 0) is 36.8 Å². The van der Waals surface area contributed by atoms with Crippen LogP contribution in [-0.4, -0.2) is 25.0 Å². The highest BCUT2D eigenvalue weighted by molar-refractivity contribution is 6.10. The van der Waals surface area contributed by atoms with E-state index in [1.54, 1.807) is 50.9 Å². The second-order valence-corrected chi connectivity index (χ2v) is 4.09. The molecule has 0 unspecified atom stereocenters. The molecule has 0 atom stereocenters. The minimum atomic E-state index is -0.0548. The monoisotopic (exact) mass is 257 g/mol. The van der Waals surface area contributed by atoms with Crippen LogP contribution in [0.25, 0.3) is 0 Å². The third kappa shape index (κ3) is 2.57. The summed E-state index contributed by atoms with van der Waals surface area (Å²) in [4.78, 5) is 16.3. The summed E-state index contributed by atoms with van der Waals surface area (Å²) in [6.45, 7) is 1.87. The van der Waals surface area contributed by atoms with Gasteiger partial charge in [-0.25, -0.2) is 0 Å². The lowest BCUT2D eigenvalue weighted by Crippen LogP contribution is -2.05. The number of carbonyl (C=O) groups is 1. The molecule has 4 nitrogen and oxygen atoms in total. The molecule has 19 heavy (non-hydrogen) atoms. The standard InChI is InChI=1S/C15H15NO3/c1-10-8-13(18-2)14(19-3)9-12(10)15(17)11-4-6-16-7-5-11/h4-9H,1-3H3. The maximum atomic E-state index is 12.4. The van der Waals surface area contributed by atoms with E-state index in [1.807, 2.05) is 6.92 Å². The van der Waals surface area contributed by atoms with Gasteiger partial charge in [-0.1, -0.05) is 0 Å². The van der Waals surface area contributed by atoms with E-state index in [9.17, 15) is 4.79 Å². The Morgan fingerprint density at radius 1 is 1.05 bits per heavy atom. The molecule has 4 heteroatoms. The summed E-state index contributed by atoms with van der Waals surface area (Å²) < 4.78 is 10.4. The third-order valence-electron chi connectivity index (χ3n) is 2.92. The first-order valence-electron chi connectivity index (χ1n) is 5.84. The number of methoxy groups -OCH3 is 2. The highest BCUT2D eigenvalue weighted by Crippen LogP contribution is 2.31. The lowest BCUT2D eigenvalue weighted by Gasteiger charge is -2.12. The molecule has 1 aromatic carbocycles. The number of nitrogens with zero attached hydrogens (tertiary/aromatic N) is 1. The molecule has 0 saturated carbocycles. The summed E-state index contributed by atoms with van der Waals surface area (Å²) in [7, 11) is 3.12. The number of aromatic nitrogens is 1. The molecule has 2 rings (SSSR count). The predicted molar refractivity (Wildman–Crippen MR) is 72.0 cm³/mol. The van der Waals surface area contributed by atoms with Crippen molar-refractivity contribution in [1.29, 1.82) is 0 Å². The molecule has 0 radical (unpaired) electrons. The molecule has 0 N–H and O–H groups in total. The number of ketones is 1. The number of benzene rings is 1. The minimum absolute atomic E-state index is 0.0548. The Morgan fingerprint density at radius 3 is 2.21 bits per heavy atom. The van der Waals surface area contributed by atoms with Gasteiger partial charge in [0.25, 0.3) is 0 Å². The maximum absolute atomic E-state index is 12.4. The van der Waals surface area contributed by atoms with E-state index in [4.69, 9.17) is 9.47 Å². The number of hydrogen-bond acceptors (Lipinski definition) is 4. The fraction of sp³-hybridized carbons (Fsp3) is 0.200. The Labute approximate surface area is 112 Å². The van der Waals surface area contributed by atoms with Gasteiger partial charge in [-0.15, -0.1) is 0 Å². The zero-order chi connectivity index (χ0) is 13.8. The molecular formula is C15H15NO3. The van der Waals surface area contributed by atoms with Crippen LogP contribution in [0.3, 0.4) is 0 Å². The van der Waals surface area contributed by atoms with Gasteiger partial charge >= 0.3 is 0 Å². The van der Waals surface area contributed by atoms with Crippen molar-refractivity contribution in [3.8, 4) is 11.5 Å². The van der Waals surface area contributed by atoms with Gasteiger partial charge in [0.15, 0.2) is 17.3 Å². The Morgan fingerprint density at radius 2 is 1.63 bits per heavy atom. The molecular weight excluding hydrogens is 242 g/mol. The normalized spacial score (nSPS) is 10.1. The van der Waals surface area contributed by atoms with Crippen LogP contribution in [0.15, 0.2) is 36.7 Å². The van der Waals surface area contributed by atoms with Crippen LogP contribution in [0.4, 0.5) is 0 Å². The Kier molecular flexibility index (Phi) is 3.80. The predicted octanol–water partition coefficient (Wildman–Crippen LogP) is 2.64. The van der Waals surface area contributed by atoms with Crippen LogP contribution >= 0.6 is 0 Å². The SMILES string of the molecule is COc1cc(C)c(C(=O)c2ccncc2)cc1OC. The van der Waals surface area contributed by atoms with Crippen LogP contribution in [-0.2, 0) is 0 Å². The van der Waals surface area contributed by atoms with Crippen molar-refractivity contribution in [2.45, 2.75) is 6.92 Å². The summed E-state index contributed by atoms with van der Waals surface area (Å²) in [6, 6.07) is 6.89. The molecule has 0 fully saturated rings. The van der Waals surface area contributed by atoms with Gasteiger partial charge in [0.1, 0.15) is 0 Å². The average Bonchev–Trinajstić information content (AvgIpc) is 2.47. The van der Waals surface area contributed by atoms with Gasteiger partial charge in [-0.3, -0.25) is 9.78 Å². The summed E-state index contributed by atoms with van der Waals surface area (Å²) in [5, 5.41) is 0. The van der Waals surface area contributed by atoms with Gasteiger partial charge < -0.3 is 9.47 Å². The highest BCUT2D eigenvalue weighted by atomic mass is 16.5. The quantitative estimate of drug-likeness (QED) is 0.790. The molecule has 0 saturated heterocycles. The van der Waals surface area contributed by atoms with E-state index < -0.39 is 0 Å². The topological polar surface area (TPSA) is 48.4 Å². The summed E-state index contributed by atoms with van der Waals surface area (Å²) in [5.74, 6) is 1.11. The molecule has 1 aromatic heterocycles. The third-order valence-corrected chi connectivity index (χ3v) is 2.92. The van der Waals surface area contributed by atoms with Crippen molar-refractivity contribution >= 4 is 5.78 Å². The number of ether oxygens (including phenoxy) is 2. The fourth-order valence-electron chi connectivity index (χ4n) is 1.88. The van der Waals surface area contributed by atoms with E-state index >= 15 is 0 Å². The van der Waals surface area contributed by atoms with Crippen molar-refractivity contribution < 1.29 is 14.3 Å². The van der Waals surface area contributed by atoms with Gasteiger partial charge in [0.2, 0.25) is 0 Å². The smallest absolute Gasteiger partial charge is 0.193 e. The van der Waals surface area contributed by atoms with Gasteiger partial charge in [-0.2, -0.15) is 0 Å². The van der Waals surface area contributed by atoms with Crippen LogP contribution < -0.4 is 9.47 Å². The first-order chi connectivity index (χ1) is 9.17. The van der Waals surface area contributed by atoms with Gasteiger partial charge in [0.05, 0.1) is 14.2 Å². The average molecular weight is 257 g/mol. The van der Waals surface area contributed by atoms with E-state index in [-0.39, 0.29) is 5.78 Å². The van der Waals surface area contributed by atoms with E-state index in [0.717, 1.165) is 5.56 Å².